The first kappa shape index (κ1) is 93.9. The Bertz CT molecular complexity index is 8660. The summed E-state index contributed by atoms with van der Waals surface area (Å²) >= 11 is 3.80. The number of hydrogen-bond donors (Lipinski definition) is 0. The molecule has 696 valence electrons. The standard InChI is InChI=1S/C64H49N4S.C37H36N.C32H22S.2Ir/c1-39(2)52-34-44(35-53(40(3)4)62(52)66-32-31-65-64(66)42-17-7-6-8-18-42)43-27-29-47(41(5)33-43)55-37-46(68-59-25-15-11-21-50(59)51-22-12-16-26-60(51)68)38-56-54-36-45(28-30-61(54)69-63(55)56)67-57-23-13-9-19-48(57)49-20-10-14-24-58(49)67;1-36(2,3)33-17-13-26(14-18-33)30-23-31(27-15-19-34(20-16-27)37(4,5)6)25-32(24-30)28-10-9-11-29(22-28)35-12-7-8-21-38-35;1-32(28-17-5-2-12-24(28)25-13-3-6-18-29(25)32)22-11-8-10-21(20-22)23-15-9-16-27-26-14-4-7-19-30(26)33-31(23)27;;/h6-17,19-40H,1-5H3;7-10,12-25H,1-6H3;2-20H,1H3;;/q2*-1;;;. The number of fused-ring (bicyclic) bond motifs is 15. The number of benzene rings is 18. The van der Waals surface area contributed by atoms with Crippen molar-refractivity contribution in [3.8, 4) is 118 Å². The van der Waals surface area contributed by atoms with Gasteiger partial charge in [-0.25, -0.2) is 0 Å². The van der Waals surface area contributed by atoms with Crippen LogP contribution in [0.1, 0.15) is 133 Å². The zero-order valence-electron chi connectivity index (χ0n) is 81.7. The number of aryl methyl sites for hydroxylation is 1. The molecule has 6 aromatic heterocycles. The second kappa shape index (κ2) is 38.3. The molecule has 0 N–H and O–H groups in total. The van der Waals surface area contributed by atoms with Crippen LogP contribution in [0.25, 0.3) is 202 Å². The molecule has 25 rings (SSSR count). The molecule has 0 spiro atoms. The van der Waals surface area contributed by atoms with E-state index in [-0.39, 0.29) is 68.3 Å². The van der Waals surface area contributed by atoms with Crippen LogP contribution in [-0.2, 0) is 56.5 Å². The van der Waals surface area contributed by atoms with Crippen LogP contribution < -0.4 is 0 Å². The Hall–Kier alpha value is -14.3. The second-order valence-corrected chi connectivity index (χ2v) is 42.5. The van der Waals surface area contributed by atoms with Crippen molar-refractivity contribution >= 4 is 107 Å². The van der Waals surface area contributed by atoms with Crippen LogP contribution in [0.4, 0.5) is 0 Å². The molecule has 24 aromatic rings. The molecule has 0 saturated heterocycles. The molecule has 18 aromatic carbocycles. The van der Waals surface area contributed by atoms with E-state index in [0.29, 0.717) is 0 Å². The van der Waals surface area contributed by atoms with E-state index in [1.54, 1.807) is 0 Å². The van der Waals surface area contributed by atoms with Gasteiger partial charge in [-0.15, -0.1) is 94.0 Å². The fourth-order valence-electron chi connectivity index (χ4n) is 21.6. The Balaban J connectivity index is 0.000000138. The predicted molar refractivity (Wildman–Crippen MR) is 598 cm³/mol. The summed E-state index contributed by atoms with van der Waals surface area (Å²) in [6.45, 7) is 27.4. The van der Waals surface area contributed by atoms with Gasteiger partial charge in [-0.1, -0.05) is 324 Å². The van der Waals surface area contributed by atoms with Crippen molar-refractivity contribution in [1.82, 2.24) is 23.7 Å². The fourth-order valence-corrected chi connectivity index (χ4v) is 24.0. The maximum absolute atomic E-state index is 4.85. The van der Waals surface area contributed by atoms with Crippen LogP contribution in [0, 0.1) is 19.1 Å². The Kier molecular flexibility index (Phi) is 25.3. The third kappa shape index (κ3) is 17.0. The topological polar surface area (TPSA) is 40.6 Å². The quantitative estimate of drug-likeness (QED) is 0.102. The van der Waals surface area contributed by atoms with Gasteiger partial charge in [0.05, 0.1) is 27.9 Å². The molecule has 0 saturated carbocycles. The molecular weight excluding hydrogens is 2120 g/mol. The van der Waals surface area contributed by atoms with Gasteiger partial charge in [0.2, 0.25) is 0 Å². The number of nitrogens with zero attached hydrogens (tertiary/aromatic N) is 5. The maximum atomic E-state index is 4.85. The van der Waals surface area contributed by atoms with Crippen LogP contribution in [0.5, 0.6) is 0 Å². The minimum Gasteiger partial charge on any atom is -0.340 e. The zero-order chi connectivity index (χ0) is 95.4. The summed E-state index contributed by atoms with van der Waals surface area (Å²) in [5.41, 5.74) is 39.5. The van der Waals surface area contributed by atoms with Crippen molar-refractivity contribution in [1.29, 1.82) is 0 Å². The molecule has 0 unspecified atom stereocenters. The van der Waals surface area contributed by atoms with E-state index in [2.05, 4.69) is 484 Å². The third-order valence-electron chi connectivity index (χ3n) is 28.9. The SMILES string of the molecule is CC(C)(C)c1ccc(-c2cc(-c3ccc(C(C)(C)C)cc3)cc(-c3cc[c-]c(-c4ccccn4)c3)c2)cc1.CC1(c2cccc(-c3cccc4c3sc3ccccc34)c2)c2ccccc2-c2ccccc21.Cc1cc(-c2cc(C(C)C)c(-n3ccnc3-c3[c-]cccc3)c(C(C)C)c2)ccc1-c1cc(-n2c3ccccc3c3ccccc32)cc2c1sc1ccc(-n3c4ccccc4c4ccccc43)cc12.[Ir].[Ir]. The Morgan fingerprint density at radius 1 is 0.317 bits per heavy atom. The number of para-hydroxylation sites is 4. The van der Waals surface area contributed by atoms with Gasteiger partial charge in [0.1, 0.15) is 0 Å². The van der Waals surface area contributed by atoms with Gasteiger partial charge in [0.25, 0.3) is 0 Å². The third-order valence-corrected chi connectivity index (χ3v) is 31.3. The summed E-state index contributed by atoms with van der Waals surface area (Å²) in [4.78, 5) is 9.39. The number of rotatable bonds is 14. The average molecular weight is 2220 g/mol. The number of thiophene rings is 2. The Morgan fingerprint density at radius 2 is 0.796 bits per heavy atom. The van der Waals surface area contributed by atoms with E-state index in [1.165, 1.54) is 212 Å². The van der Waals surface area contributed by atoms with Crippen LogP contribution in [0.2, 0.25) is 0 Å². The van der Waals surface area contributed by atoms with Crippen molar-refractivity contribution in [2.45, 2.75) is 111 Å². The first-order chi connectivity index (χ1) is 68.1. The molecule has 0 aliphatic heterocycles. The number of aromatic nitrogens is 5. The molecule has 0 bridgehead atoms. The van der Waals surface area contributed by atoms with Gasteiger partial charge in [-0.2, -0.15) is 0 Å². The Labute approximate surface area is 867 Å². The van der Waals surface area contributed by atoms with Crippen LogP contribution in [-0.4, -0.2) is 23.7 Å². The molecular formula is C133H107Ir2N5S2-2. The van der Waals surface area contributed by atoms with Crippen molar-refractivity contribution in [3.63, 3.8) is 0 Å². The van der Waals surface area contributed by atoms with Gasteiger partial charge >= 0.3 is 0 Å². The smallest absolute Gasteiger partial charge is 0.0602 e. The zero-order valence-corrected chi connectivity index (χ0v) is 88.1. The van der Waals surface area contributed by atoms with E-state index in [9.17, 15) is 0 Å². The molecule has 9 heteroatoms. The van der Waals surface area contributed by atoms with E-state index < -0.39 is 0 Å². The molecule has 6 heterocycles. The normalized spacial score (nSPS) is 12.3. The van der Waals surface area contributed by atoms with E-state index >= 15 is 0 Å². The van der Waals surface area contributed by atoms with Gasteiger partial charge < -0.3 is 18.7 Å². The van der Waals surface area contributed by atoms with Gasteiger partial charge in [0.15, 0.2) is 0 Å². The van der Waals surface area contributed by atoms with Crippen molar-refractivity contribution in [2.24, 2.45) is 0 Å². The molecule has 0 atom stereocenters. The van der Waals surface area contributed by atoms with E-state index in [0.717, 1.165) is 33.9 Å². The molecule has 1 aliphatic carbocycles. The second-order valence-electron chi connectivity index (χ2n) is 40.4. The van der Waals surface area contributed by atoms with Crippen LogP contribution in [0.15, 0.2) is 419 Å². The molecule has 2 radical (unpaired) electrons. The Morgan fingerprint density at radius 3 is 1.36 bits per heavy atom. The van der Waals surface area contributed by atoms with Gasteiger partial charge in [0, 0.05) is 149 Å². The fraction of sp³-hybridized carbons (Fsp3) is 0.128. The van der Waals surface area contributed by atoms with E-state index in [4.69, 9.17) is 4.98 Å². The summed E-state index contributed by atoms with van der Waals surface area (Å²) < 4.78 is 12.5. The summed E-state index contributed by atoms with van der Waals surface area (Å²) in [6.07, 6.45) is 5.85. The van der Waals surface area contributed by atoms with Crippen molar-refractivity contribution < 1.29 is 40.2 Å². The van der Waals surface area contributed by atoms with Gasteiger partial charge in [-0.3, -0.25) is 4.98 Å². The van der Waals surface area contributed by atoms with E-state index in [1.807, 2.05) is 71.5 Å². The predicted octanol–water partition coefficient (Wildman–Crippen LogP) is 37.0. The van der Waals surface area contributed by atoms with Crippen LogP contribution in [0.3, 0.4) is 0 Å². The van der Waals surface area contributed by atoms with Crippen LogP contribution >= 0.6 is 22.7 Å². The minimum atomic E-state index is -0.169. The summed E-state index contributed by atoms with van der Waals surface area (Å²) in [7, 11) is 0. The van der Waals surface area contributed by atoms with Crippen molar-refractivity contribution in [3.05, 3.63) is 476 Å². The average Bonchev–Trinajstić information content (AvgIpc) is 1.56. The molecule has 5 nitrogen and oxygen atoms in total. The van der Waals surface area contributed by atoms with Crippen molar-refractivity contribution in [2.75, 3.05) is 0 Å². The summed E-state index contributed by atoms with van der Waals surface area (Å²) in [5, 5.41) is 10.3. The largest absolute Gasteiger partial charge is 0.340 e. The molecule has 142 heavy (non-hydrogen) atoms. The molecule has 1 aliphatic rings. The molecule has 0 fully saturated rings. The first-order valence-corrected chi connectivity index (χ1v) is 50.6. The molecule has 0 amide bonds. The first-order valence-electron chi connectivity index (χ1n) is 48.9. The minimum absolute atomic E-state index is 0. The number of pyridine rings is 1. The number of imidazole rings is 1. The maximum Gasteiger partial charge on any atom is 0.0602 e. The monoisotopic (exact) mass is 2220 g/mol. The summed E-state index contributed by atoms with van der Waals surface area (Å²) in [5.74, 6) is 1.48. The number of hydrogen-bond acceptors (Lipinski definition) is 4. The summed E-state index contributed by atoms with van der Waals surface area (Å²) in [6, 6.07) is 154. The van der Waals surface area contributed by atoms with Gasteiger partial charge in [-0.05, 0) is 257 Å².